The van der Waals surface area contributed by atoms with E-state index in [1.165, 1.54) is 12.6 Å². The molecule has 32 heavy (non-hydrogen) atoms. The Morgan fingerprint density at radius 3 is 2.69 bits per heavy atom. The Bertz CT molecular complexity index is 1030. The zero-order valence-corrected chi connectivity index (χ0v) is 18.4. The molecule has 2 aromatic rings. The van der Waals surface area contributed by atoms with E-state index in [1.54, 1.807) is 10.6 Å². The van der Waals surface area contributed by atoms with Gasteiger partial charge in [-0.2, -0.15) is 0 Å². The van der Waals surface area contributed by atoms with Crippen LogP contribution in [0.1, 0.15) is 74.7 Å². The number of halogens is 1. The molecule has 7 nitrogen and oxygen atoms in total. The molecule has 1 saturated heterocycles. The Kier molecular flexibility index (Phi) is 7.10. The summed E-state index contributed by atoms with van der Waals surface area (Å²) in [6, 6.07) is 2.69. The number of ether oxygens (including phenoxy) is 2. The molecule has 2 atom stereocenters. The number of anilines is 1. The van der Waals surface area contributed by atoms with Crippen LogP contribution in [0, 0.1) is 5.82 Å². The summed E-state index contributed by atoms with van der Waals surface area (Å²) in [4.78, 5) is 24.5. The van der Waals surface area contributed by atoms with Gasteiger partial charge < -0.3 is 24.5 Å². The predicted molar refractivity (Wildman–Crippen MR) is 120 cm³/mol. The first-order valence-corrected chi connectivity index (χ1v) is 11.6. The number of rotatable bonds is 7. The van der Waals surface area contributed by atoms with Crippen LogP contribution in [0.2, 0.25) is 0 Å². The van der Waals surface area contributed by atoms with Gasteiger partial charge in [0.25, 0.3) is 0 Å². The van der Waals surface area contributed by atoms with Crippen molar-refractivity contribution in [1.82, 2.24) is 4.57 Å². The van der Waals surface area contributed by atoms with E-state index in [-0.39, 0.29) is 35.9 Å². The molecule has 0 radical (unpaired) electrons. The fraction of sp³-hybridized carbons (Fsp3) is 0.583. The van der Waals surface area contributed by atoms with E-state index in [0.29, 0.717) is 17.8 Å². The minimum Gasteiger partial charge on any atom is -0.477 e. The van der Waals surface area contributed by atoms with E-state index >= 15 is 0 Å². The molecule has 2 unspecified atom stereocenters. The van der Waals surface area contributed by atoms with Crippen LogP contribution < -0.4 is 10.7 Å². The number of fused-ring (bicyclic) bond motifs is 1. The number of pyridine rings is 1. The van der Waals surface area contributed by atoms with Crippen LogP contribution in [-0.2, 0) is 9.47 Å². The van der Waals surface area contributed by atoms with E-state index in [9.17, 15) is 19.1 Å². The van der Waals surface area contributed by atoms with Crippen molar-refractivity contribution in [3.05, 3.63) is 39.9 Å². The summed E-state index contributed by atoms with van der Waals surface area (Å²) in [7, 11) is 0. The second kappa shape index (κ2) is 10.0. The van der Waals surface area contributed by atoms with E-state index < -0.39 is 17.2 Å². The number of nitrogens with zero attached hydrogens (tertiary/aromatic N) is 1. The van der Waals surface area contributed by atoms with Gasteiger partial charge in [0.1, 0.15) is 11.4 Å². The Labute approximate surface area is 186 Å². The smallest absolute Gasteiger partial charge is 0.341 e. The van der Waals surface area contributed by atoms with Gasteiger partial charge in [-0.05, 0) is 51.2 Å². The van der Waals surface area contributed by atoms with E-state index in [2.05, 4.69) is 5.32 Å². The van der Waals surface area contributed by atoms with Gasteiger partial charge in [-0.15, -0.1) is 0 Å². The summed E-state index contributed by atoms with van der Waals surface area (Å²) in [5.41, 5.74) is -0.244. The first-order valence-electron chi connectivity index (χ1n) is 11.6. The molecule has 1 aromatic carbocycles. The molecular formula is C24H31FN2O5. The maximum absolute atomic E-state index is 14.9. The normalized spacial score (nSPS) is 20.9. The fourth-order valence-electron chi connectivity index (χ4n) is 4.63. The summed E-state index contributed by atoms with van der Waals surface area (Å²) in [6.07, 6.45) is 9.30. The number of carboxylic acid groups (broad SMARTS) is 1. The lowest BCUT2D eigenvalue weighted by molar-refractivity contribution is -0.166. The van der Waals surface area contributed by atoms with Crippen LogP contribution in [0.3, 0.4) is 0 Å². The molecular weight excluding hydrogens is 415 g/mol. The zero-order valence-electron chi connectivity index (χ0n) is 18.4. The van der Waals surface area contributed by atoms with Crippen molar-refractivity contribution in [3.8, 4) is 0 Å². The lowest BCUT2D eigenvalue weighted by Gasteiger charge is -2.27. The number of aromatic nitrogens is 1. The van der Waals surface area contributed by atoms with Crippen LogP contribution in [-0.4, -0.2) is 41.2 Å². The molecule has 0 amide bonds. The second-order valence-electron chi connectivity index (χ2n) is 8.89. The summed E-state index contributed by atoms with van der Waals surface area (Å²) in [5.74, 6) is -1.88. The van der Waals surface area contributed by atoms with E-state index in [0.717, 1.165) is 51.0 Å². The number of benzene rings is 1. The molecule has 4 rings (SSSR count). The zero-order chi connectivity index (χ0) is 22.7. The molecule has 1 aromatic heterocycles. The van der Waals surface area contributed by atoms with Gasteiger partial charge in [-0.25, -0.2) is 9.18 Å². The summed E-state index contributed by atoms with van der Waals surface area (Å²) < 4.78 is 28.1. The molecule has 174 valence electrons. The lowest BCUT2D eigenvalue weighted by atomic mass is 9.95. The summed E-state index contributed by atoms with van der Waals surface area (Å²) in [5, 5.41) is 12.9. The fourth-order valence-corrected chi connectivity index (χ4v) is 4.63. The van der Waals surface area contributed by atoms with Crippen molar-refractivity contribution >= 4 is 22.6 Å². The SMILES string of the molecule is CC(COC1CCCCO1)n1cc(C(=O)O)c(=O)c2cc(F)c(NC3CCCCC3)cc21. The van der Waals surface area contributed by atoms with Crippen molar-refractivity contribution in [2.24, 2.45) is 0 Å². The Morgan fingerprint density at radius 2 is 2.00 bits per heavy atom. The number of carbonyl (C=O) groups is 1. The van der Waals surface area contributed by atoms with Crippen LogP contribution in [0.25, 0.3) is 10.9 Å². The minimum absolute atomic E-state index is 0.0531. The van der Waals surface area contributed by atoms with Crippen LogP contribution in [0.5, 0.6) is 0 Å². The van der Waals surface area contributed by atoms with Gasteiger partial charge in [0, 0.05) is 24.2 Å². The number of carboxylic acids is 1. The van der Waals surface area contributed by atoms with Crippen molar-refractivity contribution in [2.45, 2.75) is 76.7 Å². The minimum atomic E-state index is -1.33. The molecule has 0 spiro atoms. The quantitative estimate of drug-likeness (QED) is 0.642. The molecule has 8 heteroatoms. The van der Waals surface area contributed by atoms with Gasteiger partial charge in [0.2, 0.25) is 5.43 Å². The maximum Gasteiger partial charge on any atom is 0.341 e. The standard InChI is InChI=1S/C24H31FN2O5/c1-15(14-32-22-9-5-6-10-31-22)27-13-18(24(29)30)23(28)17-11-19(25)20(12-21(17)27)26-16-7-3-2-4-8-16/h11-13,15-16,22,26H,2-10,14H2,1H3,(H,29,30). The predicted octanol–water partition coefficient (Wildman–Crippen LogP) is 4.69. The summed E-state index contributed by atoms with van der Waals surface area (Å²) >= 11 is 0. The Hall–Kier alpha value is -2.45. The van der Waals surface area contributed by atoms with Gasteiger partial charge in [-0.1, -0.05) is 19.3 Å². The molecule has 2 heterocycles. The third-order valence-corrected chi connectivity index (χ3v) is 6.45. The van der Waals surface area contributed by atoms with Gasteiger partial charge in [-0.3, -0.25) is 4.79 Å². The molecule has 1 aliphatic carbocycles. The monoisotopic (exact) mass is 446 g/mol. The third-order valence-electron chi connectivity index (χ3n) is 6.45. The molecule has 1 saturated carbocycles. The highest BCUT2D eigenvalue weighted by Gasteiger charge is 2.22. The molecule has 2 aliphatic rings. The highest BCUT2D eigenvalue weighted by molar-refractivity contribution is 5.93. The number of hydrogen-bond donors (Lipinski definition) is 2. The number of aromatic carboxylic acids is 1. The topological polar surface area (TPSA) is 89.8 Å². The van der Waals surface area contributed by atoms with Crippen LogP contribution in [0.15, 0.2) is 23.1 Å². The van der Waals surface area contributed by atoms with Crippen molar-refractivity contribution < 1.29 is 23.8 Å². The highest BCUT2D eigenvalue weighted by atomic mass is 19.1. The lowest BCUT2D eigenvalue weighted by Crippen LogP contribution is -2.27. The highest BCUT2D eigenvalue weighted by Crippen LogP contribution is 2.28. The third kappa shape index (κ3) is 4.96. The van der Waals surface area contributed by atoms with Crippen molar-refractivity contribution in [3.63, 3.8) is 0 Å². The maximum atomic E-state index is 14.9. The number of hydrogen-bond acceptors (Lipinski definition) is 5. The average Bonchev–Trinajstić information content (AvgIpc) is 2.80. The largest absolute Gasteiger partial charge is 0.477 e. The van der Waals surface area contributed by atoms with Crippen LogP contribution in [0.4, 0.5) is 10.1 Å². The van der Waals surface area contributed by atoms with E-state index in [4.69, 9.17) is 9.47 Å². The molecule has 2 fully saturated rings. The van der Waals surface area contributed by atoms with Gasteiger partial charge in [0.15, 0.2) is 6.29 Å². The number of nitrogens with one attached hydrogen (secondary N) is 1. The summed E-state index contributed by atoms with van der Waals surface area (Å²) in [6.45, 7) is 2.83. The van der Waals surface area contributed by atoms with Gasteiger partial charge >= 0.3 is 5.97 Å². The molecule has 2 N–H and O–H groups in total. The van der Waals surface area contributed by atoms with Crippen molar-refractivity contribution in [1.29, 1.82) is 0 Å². The van der Waals surface area contributed by atoms with Crippen molar-refractivity contribution in [2.75, 3.05) is 18.5 Å². The first-order chi connectivity index (χ1) is 15.4. The average molecular weight is 447 g/mol. The Morgan fingerprint density at radius 1 is 1.25 bits per heavy atom. The van der Waals surface area contributed by atoms with Gasteiger partial charge in [0.05, 0.1) is 23.9 Å². The first kappa shape index (κ1) is 22.7. The molecule has 1 aliphatic heterocycles. The van der Waals surface area contributed by atoms with E-state index in [1.807, 2.05) is 6.92 Å². The van der Waals surface area contributed by atoms with Crippen LogP contribution >= 0.6 is 0 Å². The molecule has 0 bridgehead atoms. The second-order valence-corrected chi connectivity index (χ2v) is 8.89. The Balaban J connectivity index is 1.69.